The normalized spacial score (nSPS) is 12.7. The van der Waals surface area contributed by atoms with Gasteiger partial charge in [0.1, 0.15) is 0 Å². The van der Waals surface area contributed by atoms with E-state index in [1.807, 2.05) is 6.08 Å². The number of rotatable bonds is 10. The maximum atomic E-state index is 5.38. The summed E-state index contributed by atoms with van der Waals surface area (Å²) in [4.78, 5) is 0. The molecule has 2 heteroatoms. The first-order valence-corrected chi connectivity index (χ1v) is 5.70. The molecule has 0 aromatic heterocycles. The van der Waals surface area contributed by atoms with Crippen molar-refractivity contribution in [1.29, 1.82) is 0 Å². The summed E-state index contributed by atoms with van der Waals surface area (Å²) in [7, 11) is 0. The van der Waals surface area contributed by atoms with Crippen molar-refractivity contribution in [3.05, 3.63) is 12.7 Å². The first kappa shape index (κ1) is 13.7. The van der Waals surface area contributed by atoms with Crippen molar-refractivity contribution in [2.75, 3.05) is 26.3 Å². The Kier molecular flexibility index (Phi) is 10.5. The molecule has 0 radical (unpaired) electrons. The van der Waals surface area contributed by atoms with Crippen LogP contribution in [0, 0.1) is 5.92 Å². The molecule has 2 nitrogen and oxygen atoms in total. The van der Waals surface area contributed by atoms with E-state index in [1.165, 1.54) is 12.8 Å². The second-order valence-corrected chi connectivity index (χ2v) is 3.79. The molecule has 0 spiro atoms. The molecule has 0 bridgehead atoms. The fourth-order valence-electron chi connectivity index (χ4n) is 1.36. The quantitative estimate of drug-likeness (QED) is 0.431. The molecule has 0 amide bonds. The highest BCUT2D eigenvalue weighted by atomic mass is 16.5. The SMILES string of the molecule is C=CCCOCCNCC(C)CCC. The molecule has 14 heavy (non-hydrogen) atoms. The highest BCUT2D eigenvalue weighted by Gasteiger charge is 1.98. The van der Waals surface area contributed by atoms with E-state index in [4.69, 9.17) is 4.74 Å². The molecule has 0 aliphatic heterocycles. The minimum atomic E-state index is 0.785. The van der Waals surface area contributed by atoms with E-state index in [1.54, 1.807) is 0 Å². The summed E-state index contributed by atoms with van der Waals surface area (Å²) in [5, 5.41) is 3.40. The Labute approximate surface area is 88.7 Å². The highest BCUT2D eigenvalue weighted by Crippen LogP contribution is 2.02. The van der Waals surface area contributed by atoms with Crippen LogP contribution >= 0.6 is 0 Å². The van der Waals surface area contributed by atoms with Crippen LogP contribution in [-0.4, -0.2) is 26.3 Å². The van der Waals surface area contributed by atoms with E-state index in [2.05, 4.69) is 25.7 Å². The van der Waals surface area contributed by atoms with Crippen molar-refractivity contribution in [3.63, 3.8) is 0 Å². The van der Waals surface area contributed by atoms with E-state index in [0.29, 0.717) is 0 Å². The topological polar surface area (TPSA) is 21.3 Å². The Hall–Kier alpha value is -0.340. The van der Waals surface area contributed by atoms with Gasteiger partial charge in [-0.1, -0.05) is 26.3 Å². The van der Waals surface area contributed by atoms with Crippen molar-refractivity contribution in [3.8, 4) is 0 Å². The van der Waals surface area contributed by atoms with Gasteiger partial charge in [-0.2, -0.15) is 0 Å². The summed E-state index contributed by atoms with van der Waals surface area (Å²) in [6.45, 7) is 11.8. The summed E-state index contributed by atoms with van der Waals surface area (Å²) in [6, 6.07) is 0. The maximum absolute atomic E-state index is 5.38. The molecular weight excluding hydrogens is 174 g/mol. The van der Waals surface area contributed by atoms with Gasteiger partial charge in [0.05, 0.1) is 13.2 Å². The smallest absolute Gasteiger partial charge is 0.0591 e. The van der Waals surface area contributed by atoms with E-state index in [-0.39, 0.29) is 0 Å². The Bertz CT molecular complexity index is 125. The first-order valence-electron chi connectivity index (χ1n) is 5.70. The number of nitrogens with one attached hydrogen (secondary N) is 1. The Morgan fingerprint density at radius 1 is 1.43 bits per heavy atom. The zero-order valence-corrected chi connectivity index (χ0v) is 9.72. The number of ether oxygens (including phenoxy) is 1. The molecule has 0 rings (SSSR count). The third kappa shape index (κ3) is 9.75. The van der Waals surface area contributed by atoms with E-state index in [9.17, 15) is 0 Å². The van der Waals surface area contributed by atoms with Gasteiger partial charge < -0.3 is 10.1 Å². The van der Waals surface area contributed by atoms with Crippen LogP contribution in [0.2, 0.25) is 0 Å². The fourth-order valence-corrected chi connectivity index (χ4v) is 1.36. The van der Waals surface area contributed by atoms with Crippen molar-refractivity contribution in [2.45, 2.75) is 33.1 Å². The van der Waals surface area contributed by atoms with Crippen molar-refractivity contribution >= 4 is 0 Å². The standard InChI is InChI=1S/C12H25NO/c1-4-6-9-14-10-8-13-11-12(3)7-5-2/h4,12-13H,1,5-11H2,2-3H3. The van der Waals surface area contributed by atoms with Gasteiger partial charge in [0.25, 0.3) is 0 Å². The van der Waals surface area contributed by atoms with Gasteiger partial charge in [-0.15, -0.1) is 6.58 Å². The van der Waals surface area contributed by atoms with Gasteiger partial charge in [0.2, 0.25) is 0 Å². The monoisotopic (exact) mass is 199 g/mol. The predicted molar refractivity (Wildman–Crippen MR) is 62.6 cm³/mol. The summed E-state index contributed by atoms with van der Waals surface area (Å²) in [6.07, 6.45) is 5.42. The van der Waals surface area contributed by atoms with Crippen LogP contribution in [0.1, 0.15) is 33.1 Å². The lowest BCUT2D eigenvalue weighted by Crippen LogP contribution is -2.25. The van der Waals surface area contributed by atoms with Crippen LogP contribution < -0.4 is 5.32 Å². The maximum Gasteiger partial charge on any atom is 0.0591 e. The molecule has 1 unspecified atom stereocenters. The number of hydrogen-bond acceptors (Lipinski definition) is 2. The third-order valence-electron chi connectivity index (χ3n) is 2.16. The predicted octanol–water partition coefficient (Wildman–Crippen LogP) is 2.60. The van der Waals surface area contributed by atoms with Gasteiger partial charge in [0.15, 0.2) is 0 Å². The summed E-state index contributed by atoms with van der Waals surface area (Å²) < 4.78 is 5.38. The van der Waals surface area contributed by atoms with Crippen LogP contribution in [0.25, 0.3) is 0 Å². The molecule has 0 saturated carbocycles. The zero-order chi connectivity index (χ0) is 10.6. The second-order valence-electron chi connectivity index (χ2n) is 3.79. The minimum absolute atomic E-state index is 0.785. The molecule has 0 aromatic rings. The van der Waals surface area contributed by atoms with Crippen LogP contribution in [0.5, 0.6) is 0 Å². The average Bonchev–Trinajstić information content (AvgIpc) is 2.17. The molecular formula is C12H25NO. The largest absolute Gasteiger partial charge is 0.380 e. The van der Waals surface area contributed by atoms with Crippen LogP contribution in [0.15, 0.2) is 12.7 Å². The van der Waals surface area contributed by atoms with Gasteiger partial charge in [-0.25, -0.2) is 0 Å². The molecule has 1 atom stereocenters. The lowest BCUT2D eigenvalue weighted by Gasteiger charge is -2.11. The van der Waals surface area contributed by atoms with Crippen molar-refractivity contribution in [1.82, 2.24) is 5.32 Å². The molecule has 0 heterocycles. The van der Waals surface area contributed by atoms with Gasteiger partial charge >= 0.3 is 0 Å². The molecule has 84 valence electrons. The summed E-state index contributed by atoms with van der Waals surface area (Å²) in [5.74, 6) is 0.785. The van der Waals surface area contributed by atoms with Gasteiger partial charge in [-0.3, -0.25) is 0 Å². The first-order chi connectivity index (χ1) is 6.81. The van der Waals surface area contributed by atoms with Crippen LogP contribution in [0.3, 0.4) is 0 Å². The van der Waals surface area contributed by atoms with E-state index >= 15 is 0 Å². The summed E-state index contributed by atoms with van der Waals surface area (Å²) >= 11 is 0. The molecule has 0 aromatic carbocycles. The highest BCUT2D eigenvalue weighted by molar-refractivity contribution is 4.64. The van der Waals surface area contributed by atoms with Gasteiger partial charge in [0, 0.05) is 6.54 Å². The summed E-state index contributed by atoms with van der Waals surface area (Å²) in [5.41, 5.74) is 0. The third-order valence-corrected chi connectivity index (χ3v) is 2.16. The molecule has 0 aliphatic rings. The Morgan fingerprint density at radius 3 is 2.86 bits per heavy atom. The van der Waals surface area contributed by atoms with Crippen molar-refractivity contribution < 1.29 is 4.74 Å². The van der Waals surface area contributed by atoms with Gasteiger partial charge in [-0.05, 0) is 25.3 Å². The Morgan fingerprint density at radius 2 is 2.21 bits per heavy atom. The van der Waals surface area contributed by atoms with Crippen molar-refractivity contribution in [2.24, 2.45) is 5.92 Å². The lowest BCUT2D eigenvalue weighted by molar-refractivity contribution is 0.139. The van der Waals surface area contributed by atoms with Crippen LogP contribution in [0.4, 0.5) is 0 Å². The van der Waals surface area contributed by atoms with E-state index < -0.39 is 0 Å². The van der Waals surface area contributed by atoms with Crippen LogP contribution in [-0.2, 0) is 4.74 Å². The zero-order valence-electron chi connectivity index (χ0n) is 9.72. The molecule has 1 N–H and O–H groups in total. The lowest BCUT2D eigenvalue weighted by atomic mass is 10.1. The molecule has 0 fully saturated rings. The Balaban J connectivity index is 3.01. The molecule has 0 saturated heterocycles. The average molecular weight is 199 g/mol. The number of hydrogen-bond donors (Lipinski definition) is 1. The molecule has 0 aliphatic carbocycles. The fraction of sp³-hybridized carbons (Fsp3) is 0.833. The second kappa shape index (κ2) is 10.7. The van der Waals surface area contributed by atoms with E-state index in [0.717, 1.165) is 38.6 Å². The minimum Gasteiger partial charge on any atom is -0.380 e.